The van der Waals surface area contributed by atoms with Crippen molar-refractivity contribution in [3.63, 3.8) is 0 Å². The van der Waals surface area contributed by atoms with Gasteiger partial charge in [0, 0.05) is 79.0 Å². The summed E-state index contributed by atoms with van der Waals surface area (Å²) >= 11 is 14.3. The van der Waals surface area contributed by atoms with Crippen molar-refractivity contribution in [3.8, 4) is 22.4 Å². The summed E-state index contributed by atoms with van der Waals surface area (Å²) in [5, 5.41) is 8.19. The fourth-order valence-electron chi connectivity index (χ4n) is 7.81. The van der Waals surface area contributed by atoms with Crippen molar-refractivity contribution in [2.75, 3.05) is 40.0 Å². The van der Waals surface area contributed by atoms with Crippen molar-refractivity contribution in [1.29, 1.82) is 0 Å². The monoisotopic (exact) mass is 783 g/mol. The molecule has 290 valence electrons. The lowest BCUT2D eigenvalue weighted by atomic mass is 9.84. The molecule has 2 fully saturated rings. The summed E-state index contributed by atoms with van der Waals surface area (Å²) in [4.78, 5) is 42.8. The Balaban J connectivity index is 1.14. The third-order valence-corrected chi connectivity index (χ3v) is 12.3. The molecule has 4 N–H and O–H groups in total. The number of rotatable bonds is 11. The van der Waals surface area contributed by atoms with Crippen LogP contribution in [0.25, 0.3) is 28.0 Å². The first-order valence-corrected chi connectivity index (χ1v) is 20.1. The zero-order chi connectivity index (χ0) is 39.1. The Morgan fingerprint density at radius 1 is 0.945 bits per heavy atom. The van der Waals surface area contributed by atoms with Gasteiger partial charge in [-0.15, -0.1) is 0 Å². The number of nitrogens with two attached hydrogens (primary N) is 1. The van der Waals surface area contributed by atoms with E-state index < -0.39 is 0 Å². The van der Waals surface area contributed by atoms with Gasteiger partial charge in [-0.1, -0.05) is 71.7 Å². The fraction of sp³-hybridized carbons (Fsp3) is 0.442. The first kappa shape index (κ1) is 40.6. The number of hydrogen-bond acceptors (Lipinski definition) is 7. The molecule has 10 nitrogen and oxygen atoms in total. The summed E-state index contributed by atoms with van der Waals surface area (Å²) in [5.41, 5.74) is 12.2. The van der Waals surface area contributed by atoms with E-state index in [1.165, 1.54) is 0 Å². The predicted molar refractivity (Wildman–Crippen MR) is 227 cm³/mol. The predicted octanol–water partition coefficient (Wildman–Crippen LogP) is 7.96. The quantitative estimate of drug-likeness (QED) is 0.103. The number of carbonyl (C=O) groups is 2. The number of amidine groups is 2. The molecule has 2 aromatic carbocycles. The molecule has 1 saturated carbocycles. The van der Waals surface area contributed by atoms with E-state index in [2.05, 4.69) is 21.7 Å². The number of likely N-dealkylation sites (N-methyl/N-ethyl adjacent to an activating group) is 1. The second kappa shape index (κ2) is 18.3. The first-order chi connectivity index (χ1) is 26.5. The number of nitrogens with zero attached hydrogens (tertiary/aromatic N) is 5. The zero-order valence-corrected chi connectivity index (χ0v) is 33.9. The second-order valence-electron chi connectivity index (χ2n) is 15.4. The van der Waals surface area contributed by atoms with Gasteiger partial charge in [-0.05, 0) is 57.1 Å². The van der Waals surface area contributed by atoms with Crippen molar-refractivity contribution in [2.24, 2.45) is 20.9 Å². The minimum absolute atomic E-state index is 0.199. The van der Waals surface area contributed by atoms with E-state index in [0.717, 1.165) is 97.1 Å². The highest BCUT2D eigenvalue weighted by molar-refractivity contribution is 6.39. The Hall–Kier alpha value is -4.06. The Kier molecular flexibility index (Phi) is 13.5. The van der Waals surface area contributed by atoms with Crippen LogP contribution in [0.3, 0.4) is 0 Å². The molecule has 0 unspecified atom stereocenters. The number of amides is 1. The number of likely N-dealkylation sites (tertiary alicyclic amines) is 1. The molecule has 1 aliphatic carbocycles. The number of benzene rings is 2. The van der Waals surface area contributed by atoms with Crippen LogP contribution in [0.1, 0.15) is 75.8 Å². The third-order valence-electron chi connectivity index (χ3n) is 11.5. The molecular formula is C43H53Cl2N8O2+. The summed E-state index contributed by atoms with van der Waals surface area (Å²) in [6, 6.07) is 16.3. The number of nitrogens with one attached hydrogen (secondary N) is 2. The van der Waals surface area contributed by atoms with Gasteiger partial charge in [-0.25, -0.2) is 19.8 Å². The summed E-state index contributed by atoms with van der Waals surface area (Å²) in [6.07, 6.45) is 11.9. The number of aliphatic imine (C=N–C) groups is 3. The topological polar surface area (TPSA) is 134 Å². The molecule has 3 aliphatic rings. The standard InChI is InChI=1S/C43H53Cl2N8O2/c1-27(54)28-15-18-31(19-16-28)49-26-39(47-2)52-38-14-6-5-9-29(24-50-38)33-10-7-11-34(41(33)44)35-12-8-13-36(42(35)45)37-21-17-30(43(46)51-37)23-48-25-32-20-22-40(55)53(32,3)4/h7-13,17,21,24,28,31-32,48-49H,5-6,14-16,18-20,22-23,25-26H2,1-4H3,(H2,46,51)/q+1/b29-9+,47-39?,50-24?,52-38?/t28?,31?,32-/m0/s1. The summed E-state index contributed by atoms with van der Waals surface area (Å²) in [6.45, 7) is 3.55. The van der Waals surface area contributed by atoms with Crippen LogP contribution in [0.15, 0.2) is 69.6 Å². The van der Waals surface area contributed by atoms with E-state index in [1.807, 2.05) is 68.8 Å². The van der Waals surface area contributed by atoms with Gasteiger partial charge in [-0.2, -0.15) is 0 Å². The molecule has 1 saturated heterocycles. The minimum Gasteiger partial charge on any atom is -0.383 e. The highest BCUT2D eigenvalue weighted by atomic mass is 35.5. The maximum absolute atomic E-state index is 12.2. The molecular weight excluding hydrogens is 731 g/mol. The van der Waals surface area contributed by atoms with E-state index in [9.17, 15) is 9.59 Å². The van der Waals surface area contributed by atoms with E-state index >= 15 is 0 Å². The smallest absolute Gasteiger partial charge is 0.313 e. The average Bonchev–Trinajstić information content (AvgIpc) is 3.42. The van der Waals surface area contributed by atoms with Gasteiger partial charge in [0.1, 0.15) is 29.3 Å². The lowest BCUT2D eigenvalue weighted by molar-refractivity contribution is -0.830. The molecule has 0 bridgehead atoms. The Labute approximate surface area is 335 Å². The highest BCUT2D eigenvalue weighted by Crippen LogP contribution is 2.41. The van der Waals surface area contributed by atoms with E-state index in [4.69, 9.17) is 43.9 Å². The maximum atomic E-state index is 12.2. The zero-order valence-electron chi connectivity index (χ0n) is 32.4. The van der Waals surface area contributed by atoms with Crippen LogP contribution in [0.4, 0.5) is 5.82 Å². The Morgan fingerprint density at radius 2 is 1.64 bits per heavy atom. The summed E-state index contributed by atoms with van der Waals surface area (Å²) < 4.78 is 0.406. The summed E-state index contributed by atoms with van der Waals surface area (Å²) in [7, 11) is 5.72. The van der Waals surface area contributed by atoms with Crippen LogP contribution >= 0.6 is 23.2 Å². The number of pyridine rings is 1. The van der Waals surface area contributed by atoms with Gasteiger partial charge in [-0.3, -0.25) is 14.3 Å². The normalized spacial score (nSPS) is 23.3. The van der Waals surface area contributed by atoms with Gasteiger partial charge < -0.3 is 16.4 Å². The number of carbonyl (C=O) groups excluding carboxylic acids is 2. The van der Waals surface area contributed by atoms with Crippen LogP contribution in [0.5, 0.6) is 0 Å². The largest absolute Gasteiger partial charge is 0.383 e. The Bertz CT molecular complexity index is 2030. The molecule has 0 radical (unpaired) electrons. The van der Waals surface area contributed by atoms with Crippen molar-refractivity contribution < 1.29 is 14.1 Å². The van der Waals surface area contributed by atoms with Crippen molar-refractivity contribution in [2.45, 2.75) is 83.3 Å². The number of Topliss-reactive ketones (excluding diaryl/α,β-unsaturated/α-hetero) is 1. The second-order valence-corrected chi connectivity index (χ2v) is 16.1. The van der Waals surface area contributed by atoms with Gasteiger partial charge in [0.2, 0.25) is 0 Å². The molecule has 12 heteroatoms. The van der Waals surface area contributed by atoms with Crippen molar-refractivity contribution in [1.82, 2.24) is 15.6 Å². The molecule has 6 rings (SSSR count). The SMILES string of the molecule is CN=C(CNC1CCC(C(C)=O)CC1)N=C1CCC/C=C(/c2cccc(-c3cccc(-c4ccc(CNC[C@@H]5CCC(=O)[N+]5(C)C)c(N)n4)c3Cl)c2Cl)C=N1. The molecule has 2 aliphatic heterocycles. The maximum Gasteiger partial charge on any atom is 0.313 e. The number of halogens is 2. The molecule has 3 heterocycles. The first-order valence-electron chi connectivity index (χ1n) is 19.4. The van der Waals surface area contributed by atoms with Crippen LogP contribution in [0.2, 0.25) is 10.0 Å². The molecule has 55 heavy (non-hydrogen) atoms. The van der Waals surface area contributed by atoms with Crippen LogP contribution in [0, 0.1) is 5.92 Å². The minimum atomic E-state index is 0.199. The van der Waals surface area contributed by atoms with Gasteiger partial charge in [0.05, 0.1) is 42.8 Å². The van der Waals surface area contributed by atoms with E-state index in [0.29, 0.717) is 63.2 Å². The average molecular weight is 785 g/mol. The van der Waals surface area contributed by atoms with Gasteiger partial charge in [0.15, 0.2) is 0 Å². The van der Waals surface area contributed by atoms with Crippen molar-refractivity contribution in [3.05, 3.63) is 75.8 Å². The van der Waals surface area contributed by atoms with E-state index in [1.54, 1.807) is 14.0 Å². The third kappa shape index (κ3) is 9.67. The van der Waals surface area contributed by atoms with Crippen LogP contribution in [-0.4, -0.2) is 85.4 Å². The molecule has 1 atom stereocenters. The molecule has 1 amide bonds. The molecule has 1 aromatic heterocycles. The summed E-state index contributed by atoms with van der Waals surface area (Å²) in [5.74, 6) is 2.65. The van der Waals surface area contributed by atoms with Crippen LogP contribution in [-0.2, 0) is 16.1 Å². The number of aromatic nitrogens is 1. The fourth-order valence-corrected chi connectivity index (χ4v) is 8.47. The van der Waals surface area contributed by atoms with E-state index in [-0.39, 0.29) is 17.9 Å². The van der Waals surface area contributed by atoms with Gasteiger partial charge >= 0.3 is 5.91 Å². The number of quaternary nitrogens is 1. The molecule has 0 spiro atoms. The number of allylic oxidation sites excluding steroid dienone is 2. The number of hydrogen-bond donors (Lipinski definition) is 3. The lowest BCUT2D eigenvalue weighted by Crippen LogP contribution is -2.51. The van der Waals surface area contributed by atoms with Crippen molar-refractivity contribution >= 4 is 64.2 Å². The number of ketones is 1. The lowest BCUT2D eigenvalue weighted by Gasteiger charge is -2.29. The van der Waals surface area contributed by atoms with Gasteiger partial charge in [0.25, 0.3) is 0 Å². The highest BCUT2D eigenvalue weighted by Gasteiger charge is 2.42. The number of nitrogen functional groups attached to an aromatic ring is 1. The number of anilines is 1. The molecule has 3 aromatic rings. The Morgan fingerprint density at radius 3 is 2.29 bits per heavy atom. The van der Waals surface area contributed by atoms with Crippen LogP contribution < -0.4 is 16.4 Å².